The molecule has 0 bridgehead atoms. The lowest BCUT2D eigenvalue weighted by Gasteiger charge is -2.18. The Hall–Kier alpha value is -2.60. The van der Waals surface area contributed by atoms with Gasteiger partial charge in [0, 0.05) is 0 Å². The smallest absolute Gasteiger partial charge is 0.00965 e. The van der Waals surface area contributed by atoms with Crippen LogP contribution in [0.25, 0.3) is 34.1 Å². The van der Waals surface area contributed by atoms with E-state index in [9.17, 15) is 0 Å². The van der Waals surface area contributed by atoms with Crippen LogP contribution in [-0.4, -0.2) is 0 Å². The first-order chi connectivity index (χ1) is 13.3. The third-order valence-electron chi connectivity index (χ3n) is 6.28. The van der Waals surface area contributed by atoms with Gasteiger partial charge in [-0.05, 0) is 81.3 Å². The van der Waals surface area contributed by atoms with E-state index in [-0.39, 0.29) is 0 Å². The Morgan fingerprint density at radius 3 is 2.41 bits per heavy atom. The third-order valence-corrected chi connectivity index (χ3v) is 6.28. The molecule has 0 radical (unpaired) electrons. The molecule has 0 N–H and O–H groups in total. The number of allylic oxidation sites excluding steroid dienone is 2. The molecule has 27 heavy (non-hydrogen) atoms. The van der Waals surface area contributed by atoms with Crippen LogP contribution in [0.15, 0.2) is 66.2 Å². The van der Waals surface area contributed by atoms with Crippen LogP contribution in [-0.2, 0) is 0 Å². The van der Waals surface area contributed by atoms with Crippen LogP contribution in [0.5, 0.6) is 0 Å². The highest BCUT2D eigenvalue weighted by Crippen LogP contribution is 2.28. The lowest BCUT2D eigenvalue weighted by molar-refractivity contribution is 0.419. The zero-order valence-corrected chi connectivity index (χ0v) is 16.0. The van der Waals surface area contributed by atoms with Crippen LogP contribution in [0.3, 0.4) is 0 Å². The predicted octanol–water partition coefficient (Wildman–Crippen LogP) is 5.90. The molecule has 0 spiro atoms. The van der Waals surface area contributed by atoms with Crippen molar-refractivity contribution in [1.82, 2.24) is 0 Å². The SMILES string of the molecule is Cc1ccc(-c2cccc3ccccc23)c2c1=CC(=CC1CCCCC1)C=2. The molecule has 3 aromatic carbocycles. The second-order valence-electron chi connectivity index (χ2n) is 8.14. The number of fused-ring (bicyclic) bond motifs is 2. The van der Waals surface area contributed by atoms with Crippen molar-refractivity contribution >= 4 is 22.9 Å². The summed E-state index contributed by atoms with van der Waals surface area (Å²) in [6.07, 6.45) is 14.3. The quantitative estimate of drug-likeness (QED) is 0.540. The average molecular weight is 351 g/mol. The summed E-state index contributed by atoms with van der Waals surface area (Å²) < 4.78 is 0. The minimum absolute atomic E-state index is 0.761. The monoisotopic (exact) mass is 350 g/mol. The van der Waals surface area contributed by atoms with Gasteiger partial charge in [-0.2, -0.15) is 0 Å². The highest BCUT2D eigenvalue weighted by Gasteiger charge is 2.14. The number of hydrogen-bond donors (Lipinski definition) is 0. The summed E-state index contributed by atoms with van der Waals surface area (Å²) in [4.78, 5) is 0. The van der Waals surface area contributed by atoms with E-state index in [0.717, 1.165) is 5.92 Å². The Morgan fingerprint density at radius 2 is 1.52 bits per heavy atom. The fourth-order valence-corrected chi connectivity index (χ4v) is 4.83. The van der Waals surface area contributed by atoms with Crippen molar-refractivity contribution in [3.05, 3.63) is 82.2 Å². The van der Waals surface area contributed by atoms with Gasteiger partial charge in [0.1, 0.15) is 0 Å². The van der Waals surface area contributed by atoms with Crippen LogP contribution < -0.4 is 10.4 Å². The zero-order valence-electron chi connectivity index (χ0n) is 16.0. The summed E-state index contributed by atoms with van der Waals surface area (Å²) in [5, 5.41) is 5.45. The van der Waals surface area contributed by atoms with E-state index < -0.39 is 0 Å². The maximum atomic E-state index is 2.53. The molecule has 1 saturated carbocycles. The molecule has 0 amide bonds. The van der Waals surface area contributed by atoms with Gasteiger partial charge in [-0.3, -0.25) is 0 Å². The van der Waals surface area contributed by atoms with Gasteiger partial charge >= 0.3 is 0 Å². The summed E-state index contributed by atoms with van der Waals surface area (Å²) in [7, 11) is 0. The Kier molecular flexibility index (Phi) is 4.20. The summed E-state index contributed by atoms with van der Waals surface area (Å²) in [6.45, 7) is 2.24. The average Bonchev–Trinajstić information content (AvgIpc) is 3.13. The highest BCUT2D eigenvalue weighted by molar-refractivity contribution is 5.97. The Bertz CT molecular complexity index is 1150. The molecule has 0 atom stereocenters. The normalized spacial score (nSPS) is 18.3. The molecule has 2 aliphatic rings. The molecule has 1 fully saturated rings. The summed E-state index contributed by atoms with van der Waals surface area (Å²) in [6, 6.07) is 20.0. The van der Waals surface area contributed by atoms with Gasteiger partial charge in [-0.15, -0.1) is 0 Å². The number of benzene rings is 3. The van der Waals surface area contributed by atoms with Crippen LogP contribution in [0.2, 0.25) is 0 Å². The predicted molar refractivity (Wildman–Crippen MR) is 117 cm³/mol. The van der Waals surface area contributed by atoms with Crippen molar-refractivity contribution in [2.75, 3.05) is 0 Å². The van der Waals surface area contributed by atoms with Gasteiger partial charge < -0.3 is 0 Å². The van der Waals surface area contributed by atoms with E-state index >= 15 is 0 Å². The van der Waals surface area contributed by atoms with Crippen LogP contribution in [0.4, 0.5) is 0 Å². The van der Waals surface area contributed by atoms with Crippen molar-refractivity contribution < 1.29 is 0 Å². The second kappa shape index (κ2) is 6.85. The minimum Gasteiger partial charge on any atom is -0.0741 e. The maximum Gasteiger partial charge on any atom is -0.00965 e. The van der Waals surface area contributed by atoms with E-state index in [1.54, 1.807) is 0 Å². The van der Waals surface area contributed by atoms with Crippen molar-refractivity contribution in [3.63, 3.8) is 0 Å². The molecule has 0 heterocycles. The molecule has 0 aromatic heterocycles. The Labute approximate surface area is 161 Å². The van der Waals surface area contributed by atoms with Crippen molar-refractivity contribution in [2.45, 2.75) is 39.0 Å². The van der Waals surface area contributed by atoms with Gasteiger partial charge in [0.05, 0.1) is 0 Å². The summed E-state index contributed by atoms with van der Waals surface area (Å²) >= 11 is 0. The second-order valence-corrected chi connectivity index (χ2v) is 8.14. The molecule has 2 aliphatic carbocycles. The van der Waals surface area contributed by atoms with Crippen molar-refractivity contribution in [2.24, 2.45) is 5.92 Å². The first-order valence-corrected chi connectivity index (χ1v) is 10.3. The zero-order chi connectivity index (χ0) is 18.2. The maximum absolute atomic E-state index is 2.53. The van der Waals surface area contributed by atoms with Gasteiger partial charge in [0.2, 0.25) is 0 Å². The largest absolute Gasteiger partial charge is 0.0741 e. The first kappa shape index (κ1) is 16.6. The molecule has 3 aromatic rings. The summed E-state index contributed by atoms with van der Waals surface area (Å²) in [5.74, 6) is 0.761. The van der Waals surface area contributed by atoms with Gasteiger partial charge in [-0.25, -0.2) is 0 Å². The number of aryl methyl sites for hydroxylation is 1. The molecule has 0 saturated heterocycles. The van der Waals surface area contributed by atoms with E-state index in [4.69, 9.17) is 0 Å². The summed E-state index contributed by atoms with van der Waals surface area (Å²) in [5.41, 5.74) is 5.48. The molecular weight excluding hydrogens is 324 g/mol. The van der Waals surface area contributed by atoms with Crippen molar-refractivity contribution in [1.29, 1.82) is 0 Å². The molecule has 0 heteroatoms. The highest BCUT2D eigenvalue weighted by atomic mass is 14.2. The van der Waals surface area contributed by atoms with E-state index in [0.29, 0.717) is 0 Å². The third kappa shape index (κ3) is 3.04. The first-order valence-electron chi connectivity index (χ1n) is 10.3. The molecule has 0 unspecified atom stereocenters. The molecule has 0 nitrogen and oxygen atoms in total. The van der Waals surface area contributed by atoms with Gasteiger partial charge in [0.25, 0.3) is 0 Å². The lowest BCUT2D eigenvalue weighted by atomic mass is 9.88. The van der Waals surface area contributed by atoms with E-state index in [1.807, 2.05) is 0 Å². The molecule has 5 rings (SSSR count). The standard InChI is InChI=1S/C27H26/c1-19-14-15-25(24-13-7-11-22-10-5-6-12-23(22)24)27-18-21(17-26(19)27)16-20-8-3-2-4-9-20/h5-7,10-18,20H,2-4,8-9H2,1H3. The Balaban J connectivity index is 1.68. The van der Waals surface area contributed by atoms with Crippen molar-refractivity contribution in [3.8, 4) is 11.1 Å². The fraction of sp³-hybridized carbons (Fsp3) is 0.259. The van der Waals surface area contributed by atoms with Crippen LogP contribution in [0, 0.1) is 12.8 Å². The molecule has 134 valence electrons. The minimum atomic E-state index is 0.761. The van der Waals surface area contributed by atoms with E-state index in [1.165, 1.54) is 75.6 Å². The lowest BCUT2D eigenvalue weighted by Crippen LogP contribution is -2.26. The van der Waals surface area contributed by atoms with Crippen LogP contribution >= 0.6 is 0 Å². The number of rotatable bonds is 2. The van der Waals surface area contributed by atoms with Gasteiger partial charge in [0.15, 0.2) is 0 Å². The topological polar surface area (TPSA) is 0 Å². The van der Waals surface area contributed by atoms with E-state index in [2.05, 4.69) is 79.7 Å². The van der Waals surface area contributed by atoms with Crippen LogP contribution in [0.1, 0.15) is 37.7 Å². The fourth-order valence-electron chi connectivity index (χ4n) is 4.83. The van der Waals surface area contributed by atoms with Gasteiger partial charge in [-0.1, -0.05) is 79.9 Å². The molecular formula is C27H26. The molecule has 0 aliphatic heterocycles. The Morgan fingerprint density at radius 1 is 0.741 bits per heavy atom. The number of hydrogen-bond acceptors (Lipinski definition) is 0.